The van der Waals surface area contributed by atoms with Crippen molar-refractivity contribution in [1.82, 2.24) is 9.88 Å². The van der Waals surface area contributed by atoms with Gasteiger partial charge in [0.1, 0.15) is 10.6 Å². The van der Waals surface area contributed by atoms with Crippen LogP contribution in [0, 0.1) is 0 Å². The number of carbonyl (C=O) groups is 1. The van der Waals surface area contributed by atoms with Crippen LogP contribution in [-0.2, 0) is 6.54 Å². The molecule has 5 heteroatoms. The highest BCUT2D eigenvalue weighted by atomic mass is 32.1. The van der Waals surface area contributed by atoms with Gasteiger partial charge < -0.3 is 14.6 Å². The molecule has 0 bridgehead atoms. The first-order chi connectivity index (χ1) is 10.8. The fourth-order valence-electron chi connectivity index (χ4n) is 2.18. The van der Waals surface area contributed by atoms with E-state index in [-0.39, 0.29) is 5.91 Å². The smallest absolute Gasteiger partial charge is 0.263 e. The maximum atomic E-state index is 12.4. The summed E-state index contributed by atoms with van der Waals surface area (Å²) in [6.45, 7) is 0.492. The lowest BCUT2D eigenvalue weighted by molar-refractivity contribution is 0.0955. The minimum absolute atomic E-state index is 0.0606. The number of methoxy groups -OCH3 is 1. The van der Waals surface area contributed by atoms with Gasteiger partial charge in [-0.1, -0.05) is 12.1 Å². The second-order valence-electron chi connectivity index (χ2n) is 4.76. The number of rotatable bonds is 5. The van der Waals surface area contributed by atoms with Gasteiger partial charge in [0.2, 0.25) is 0 Å². The van der Waals surface area contributed by atoms with E-state index in [1.165, 1.54) is 11.3 Å². The molecule has 0 radical (unpaired) electrons. The van der Waals surface area contributed by atoms with Crippen molar-refractivity contribution in [1.29, 1.82) is 0 Å². The summed E-state index contributed by atoms with van der Waals surface area (Å²) in [6.07, 6.45) is 3.87. The van der Waals surface area contributed by atoms with Gasteiger partial charge in [-0.25, -0.2) is 0 Å². The molecule has 0 aliphatic carbocycles. The monoisotopic (exact) mass is 312 g/mol. The molecule has 0 aliphatic rings. The van der Waals surface area contributed by atoms with Gasteiger partial charge in [-0.2, -0.15) is 0 Å². The van der Waals surface area contributed by atoms with Crippen LogP contribution in [0.1, 0.15) is 15.2 Å². The number of hydrogen-bond acceptors (Lipinski definition) is 3. The lowest BCUT2D eigenvalue weighted by Crippen LogP contribution is -2.22. The van der Waals surface area contributed by atoms with E-state index in [0.717, 1.165) is 17.0 Å². The number of hydrogen-bond donors (Lipinski definition) is 1. The number of ether oxygens (including phenoxy) is 1. The molecule has 1 N–H and O–H groups in total. The van der Waals surface area contributed by atoms with E-state index in [9.17, 15) is 4.79 Å². The SMILES string of the molecule is COc1ccc(CNC(=O)c2sccc2-n2cccc2)cc1. The topological polar surface area (TPSA) is 43.3 Å². The Balaban J connectivity index is 1.69. The fraction of sp³-hybridized carbons (Fsp3) is 0.118. The molecule has 3 aromatic rings. The number of aromatic nitrogens is 1. The normalized spacial score (nSPS) is 10.4. The van der Waals surface area contributed by atoms with Crippen molar-refractivity contribution in [2.75, 3.05) is 7.11 Å². The Labute approximate surface area is 133 Å². The first-order valence-electron chi connectivity index (χ1n) is 6.90. The summed E-state index contributed by atoms with van der Waals surface area (Å²) in [6, 6.07) is 13.5. The average molecular weight is 312 g/mol. The van der Waals surface area contributed by atoms with Gasteiger partial charge in [-0.05, 0) is 41.3 Å². The van der Waals surface area contributed by atoms with Crippen molar-refractivity contribution < 1.29 is 9.53 Å². The van der Waals surface area contributed by atoms with Crippen molar-refractivity contribution >= 4 is 17.2 Å². The van der Waals surface area contributed by atoms with Crippen LogP contribution in [0.2, 0.25) is 0 Å². The van der Waals surface area contributed by atoms with Crippen LogP contribution in [-0.4, -0.2) is 17.6 Å². The predicted octanol–water partition coefficient (Wildman–Crippen LogP) is 3.48. The predicted molar refractivity (Wildman–Crippen MR) is 87.8 cm³/mol. The van der Waals surface area contributed by atoms with Crippen LogP contribution in [0.15, 0.2) is 60.2 Å². The van der Waals surface area contributed by atoms with Gasteiger partial charge in [0.15, 0.2) is 0 Å². The van der Waals surface area contributed by atoms with Crippen LogP contribution >= 0.6 is 11.3 Å². The third-order valence-electron chi connectivity index (χ3n) is 3.35. The zero-order valence-corrected chi connectivity index (χ0v) is 13.0. The highest BCUT2D eigenvalue weighted by molar-refractivity contribution is 7.12. The summed E-state index contributed by atoms with van der Waals surface area (Å²) in [5.41, 5.74) is 1.94. The second-order valence-corrected chi connectivity index (χ2v) is 5.67. The number of benzene rings is 1. The summed E-state index contributed by atoms with van der Waals surface area (Å²) in [5, 5.41) is 4.89. The molecule has 2 aromatic heterocycles. The first-order valence-corrected chi connectivity index (χ1v) is 7.78. The quantitative estimate of drug-likeness (QED) is 0.784. The molecule has 0 saturated carbocycles. The largest absolute Gasteiger partial charge is 0.497 e. The fourth-order valence-corrected chi connectivity index (χ4v) is 2.98. The molecule has 0 unspecified atom stereocenters. The van der Waals surface area contributed by atoms with Gasteiger partial charge in [0, 0.05) is 18.9 Å². The Kier molecular flexibility index (Phi) is 4.25. The van der Waals surface area contributed by atoms with Gasteiger partial charge in [0.25, 0.3) is 5.91 Å². The van der Waals surface area contributed by atoms with Crippen LogP contribution < -0.4 is 10.1 Å². The molecule has 0 atom stereocenters. The van der Waals surface area contributed by atoms with E-state index in [1.54, 1.807) is 7.11 Å². The molecule has 22 heavy (non-hydrogen) atoms. The Morgan fingerprint density at radius 3 is 2.59 bits per heavy atom. The van der Waals surface area contributed by atoms with E-state index < -0.39 is 0 Å². The highest BCUT2D eigenvalue weighted by Gasteiger charge is 2.13. The first kappa shape index (κ1) is 14.4. The highest BCUT2D eigenvalue weighted by Crippen LogP contribution is 2.21. The van der Waals surface area contributed by atoms with Gasteiger partial charge in [-0.15, -0.1) is 11.3 Å². The molecule has 3 rings (SSSR count). The Hall–Kier alpha value is -2.53. The molecule has 0 aliphatic heterocycles. The maximum Gasteiger partial charge on any atom is 0.263 e. The number of nitrogens with one attached hydrogen (secondary N) is 1. The molecule has 0 spiro atoms. The molecule has 0 saturated heterocycles. The molecule has 2 heterocycles. The molecule has 112 valence electrons. The van der Waals surface area contributed by atoms with E-state index in [4.69, 9.17) is 4.74 Å². The third kappa shape index (κ3) is 3.04. The lowest BCUT2D eigenvalue weighted by atomic mass is 10.2. The molecule has 1 amide bonds. The van der Waals surface area contributed by atoms with Gasteiger partial charge in [-0.3, -0.25) is 4.79 Å². The van der Waals surface area contributed by atoms with Crippen molar-refractivity contribution in [3.05, 3.63) is 70.7 Å². The molecule has 1 aromatic carbocycles. The standard InChI is InChI=1S/C17H16N2O2S/c1-21-14-6-4-13(5-7-14)12-18-17(20)16-15(8-11-22-16)19-9-2-3-10-19/h2-11H,12H2,1H3,(H,18,20). The number of amides is 1. The molecular formula is C17H16N2O2S. The van der Waals surface area contributed by atoms with Gasteiger partial charge >= 0.3 is 0 Å². The number of thiophene rings is 1. The zero-order chi connectivity index (χ0) is 15.4. The number of carbonyl (C=O) groups excluding carboxylic acids is 1. The Bertz CT molecular complexity index is 745. The van der Waals surface area contributed by atoms with Crippen LogP contribution in [0.5, 0.6) is 5.75 Å². The summed E-state index contributed by atoms with van der Waals surface area (Å²) < 4.78 is 7.07. The van der Waals surface area contributed by atoms with Crippen LogP contribution in [0.25, 0.3) is 5.69 Å². The van der Waals surface area contributed by atoms with Crippen molar-refractivity contribution in [3.63, 3.8) is 0 Å². The third-order valence-corrected chi connectivity index (χ3v) is 4.25. The van der Waals surface area contributed by atoms with E-state index >= 15 is 0 Å². The molecule has 4 nitrogen and oxygen atoms in total. The average Bonchev–Trinajstić information content (AvgIpc) is 3.23. The van der Waals surface area contributed by atoms with E-state index in [2.05, 4.69) is 5.32 Å². The molecule has 0 fully saturated rings. The lowest BCUT2D eigenvalue weighted by Gasteiger charge is -2.07. The second kappa shape index (κ2) is 6.49. The van der Waals surface area contributed by atoms with Crippen molar-refractivity contribution in [2.24, 2.45) is 0 Å². The summed E-state index contributed by atoms with van der Waals surface area (Å²) in [4.78, 5) is 13.1. The summed E-state index contributed by atoms with van der Waals surface area (Å²) in [7, 11) is 1.64. The van der Waals surface area contributed by atoms with Crippen LogP contribution in [0.3, 0.4) is 0 Å². The Morgan fingerprint density at radius 2 is 1.91 bits per heavy atom. The van der Waals surface area contributed by atoms with Crippen molar-refractivity contribution in [2.45, 2.75) is 6.54 Å². The minimum atomic E-state index is -0.0606. The zero-order valence-electron chi connectivity index (χ0n) is 12.2. The van der Waals surface area contributed by atoms with E-state index in [0.29, 0.717) is 11.4 Å². The maximum absolute atomic E-state index is 12.4. The Morgan fingerprint density at radius 1 is 1.18 bits per heavy atom. The molecular weight excluding hydrogens is 296 g/mol. The van der Waals surface area contributed by atoms with Gasteiger partial charge in [0.05, 0.1) is 12.8 Å². The van der Waals surface area contributed by atoms with Crippen LogP contribution in [0.4, 0.5) is 0 Å². The van der Waals surface area contributed by atoms with Crippen molar-refractivity contribution in [3.8, 4) is 11.4 Å². The van der Waals surface area contributed by atoms with E-state index in [1.807, 2.05) is 64.8 Å². The number of nitrogens with zero attached hydrogens (tertiary/aromatic N) is 1. The summed E-state index contributed by atoms with van der Waals surface area (Å²) >= 11 is 1.44. The summed E-state index contributed by atoms with van der Waals surface area (Å²) in [5.74, 6) is 0.748. The minimum Gasteiger partial charge on any atom is -0.497 e.